The summed E-state index contributed by atoms with van der Waals surface area (Å²) in [5.74, 6) is 0. The number of nitrogens with zero attached hydrogens (tertiary/aromatic N) is 1. The molecular formula is C13H9NO3SSe. The minimum atomic E-state index is -0.496. The van der Waals surface area contributed by atoms with Gasteiger partial charge in [-0.05, 0) is 0 Å². The third-order valence-corrected chi connectivity index (χ3v) is 6.17. The van der Waals surface area contributed by atoms with Gasteiger partial charge >= 0.3 is 119 Å². The zero-order valence-corrected chi connectivity index (χ0v) is 12.2. The summed E-state index contributed by atoms with van der Waals surface area (Å²) in [4.78, 5) is 22.1. The molecule has 0 amide bonds. The Bertz CT molecular complexity index is 604. The summed E-state index contributed by atoms with van der Waals surface area (Å²) in [6.45, 7) is 0. The maximum absolute atomic E-state index is 11.9. The number of rotatable bonds is 4. The summed E-state index contributed by atoms with van der Waals surface area (Å²) in [6.07, 6.45) is 0. The van der Waals surface area contributed by atoms with E-state index in [1.807, 2.05) is 30.3 Å². The van der Waals surface area contributed by atoms with Crippen molar-refractivity contribution in [1.29, 1.82) is 0 Å². The van der Waals surface area contributed by atoms with Gasteiger partial charge in [0.05, 0.1) is 0 Å². The maximum atomic E-state index is 11.9. The van der Waals surface area contributed by atoms with E-state index in [1.54, 1.807) is 6.07 Å². The first-order chi connectivity index (χ1) is 9.16. The molecule has 2 aromatic rings. The van der Waals surface area contributed by atoms with E-state index in [-0.39, 0.29) is 24.6 Å². The molecule has 0 heterocycles. The van der Waals surface area contributed by atoms with Crippen molar-refractivity contribution in [2.45, 2.75) is 0 Å². The van der Waals surface area contributed by atoms with Crippen molar-refractivity contribution in [3.63, 3.8) is 0 Å². The van der Waals surface area contributed by atoms with E-state index in [9.17, 15) is 14.9 Å². The fourth-order valence-electron chi connectivity index (χ4n) is 1.36. The Balaban J connectivity index is 2.04. The first-order valence-corrected chi connectivity index (χ1v) is 9.05. The van der Waals surface area contributed by atoms with E-state index >= 15 is 0 Å². The van der Waals surface area contributed by atoms with Crippen LogP contribution in [0.2, 0.25) is 0 Å². The molecule has 0 atom stereocenters. The number of nitro groups is 1. The third kappa shape index (κ3) is 3.92. The second-order valence-electron chi connectivity index (χ2n) is 3.57. The standard InChI is InChI=1S/C13H9NO3SSe/c15-13(18-19-12-7-2-1-3-8-12)10-5-4-6-11(9-10)14(16)17/h1-9H. The van der Waals surface area contributed by atoms with Gasteiger partial charge in [-0.1, -0.05) is 0 Å². The van der Waals surface area contributed by atoms with Crippen LogP contribution in [0.1, 0.15) is 10.4 Å². The number of benzene rings is 2. The van der Waals surface area contributed by atoms with E-state index in [1.165, 1.54) is 28.4 Å². The minimum absolute atomic E-state index is 0.0248. The van der Waals surface area contributed by atoms with Crippen molar-refractivity contribution in [2.24, 2.45) is 0 Å². The van der Waals surface area contributed by atoms with Crippen molar-refractivity contribution < 1.29 is 9.72 Å². The molecule has 0 bridgehead atoms. The first-order valence-electron chi connectivity index (χ1n) is 5.35. The summed E-state index contributed by atoms with van der Waals surface area (Å²) in [6, 6.07) is 15.5. The summed E-state index contributed by atoms with van der Waals surface area (Å²) < 4.78 is 1.11. The zero-order valence-electron chi connectivity index (χ0n) is 9.68. The van der Waals surface area contributed by atoms with Crippen molar-refractivity contribution in [3.8, 4) is 0 Å². The van der Waals surface area contributed by atoms with Crippen LogP contribution in [0.5, 0.6) is 0 Å². The van der Waals surface area contributed by atoms with Gasteiger partial charge in [0.2, 0.25) is 0 Å². The van der Waals surface area contributed by atoms with Crippen LogP contribution in [0.3, 0.4) is 0 Å². The summed E-state index contributed by atoms with van der Waals surface area (Å²) >= 11 is -0.0248. The molecule has 6 heteroatoms. The number of hydrogen-bond acceptors (Lipinski definition) is 4. The van der Waals surface area contributed by atoms with Crippen LogP contribution in [0.15, 0.2) is 54.6 Å². The van der Waals surface area contributed by atoms with Gasteiger partial charge in [-0.2, -0.15) is 0 Å². The second kappa shape index (κ2) is 6.52. The molecule has 0 spiro atoms. The van der Waals surface area contributed by atoms with Crippen molar-refractivity contribution in [1.82, 2.24) is 0 Å². The Morgan fingerprint density at radius 2 is 1.84 bits per heavy atom. The Morgan fingerprint density at radius 1 is 1.11 bits per heavy atom. The van der Waals surface area contributed by atoms with Gasteiger partial charge in [0.15, 0.2) is 0 Å². The predicted octanol–water partition coefficient (Wildman–Crippen LogP) is 2.41. The molecule has 0 aliphatic heterocycles. The average molecular weight is 338 g/mol. The van der Waals surface area contributed by atoms with Gasteiger partial charge in [-0.3, -0.25) is 0 Å². The molecule has 19 heavy (non-hydrogen) atoms. The van der Waals surface area contributed by atoms with Crippen LogP contribution in [0, 0.1) is 10.1 Å². The van der Waals surface area contributed by atoms with Crippen molar-refractivity contribution in [3.05, 3.63) is 70.3 Å². The van der Waals surface area contributed by atoms with E-state index < -0.39 is 4.92 Å². The normalized spacial score (nSPS) is 10.1. The summed E-state index contributed by atoms with van der Waals surface area (Å²) in [5.41, 5.74) is 0.315. The molecule has 4 nitrogen and oxygen atoms in total. The van der Waals surface area contributed by atoms with Crippen LogP contribution in [-0.4, -0.2) is 23.9 Å². The first kappa shape index (κ1) is 13.8. The molecule has 0 saturated heterocycles. The van der Waals surface area contributed by atoms with Crippen LogP contribution >= 0.6 is 10.2 Å². The number of carbonyl (C=O) groups excluding carboxylic acids is 1. The third-order valence-electron chi connectivity index (χ3n) is 2.25. The topological polar surface area (TPSA) is 60.2 Å². The van der Waals surface area contributed by atoms with Gasteiger partial charge in [-0.15, -0.1) is 0 Å². The quantitative estimate of drug-likeness (QED) is 0.488. The SMILES string of the molecule is O=C(S[Se]c1ccccc1)c1cccc([N+](=O)[O-])c1. The molecule has 2 aromatic carbocycles. The Morgan fingerprint density at radius 3 is 2.53 bits per heavy atom. The number of carbonyl (C=O) groups is 1. The van der Waals surface area contributed by atoms with Crippen LogP contribution in [-0.2, 0) is 0 Å². The molecule has 0 aromatic heterocycles. The van der Waals surface area contributed by atoms with Crippen molar-refractivity contribution in [2.75, 3.05) is 0 Å². The Kier molecular flexibility index (Phi) is 4.74. The van der Waals surface area contributed by atoms with Crippen LogP contribution < -0.4 is 4.46 Å². The molecule has 0 aliphatic carbocycles. The Labute approximate surface area is 119 Å². The molecule has 0 radical (unpaired) electrons. The molecule has 0 aliphatic rings. The van der Waals surface area contributed by atoms with Crippen LogP contribution in [0.25, 0.3) is 0 Å². The summed E-state index contributed by atoms with van der Waals surface area (Å²) in [7, 11) is 1.20. The van der Waals surface area contributed by atoms with E-state index in [0.717, 1.165) is 4.46 Å². The van der Waals surface area contributed by atoms with Gasteiger partial charge in [0.25, 0.3) is 0 Å². The fraction of sp³-hybridized carbons (Fsp3) is 0. The van der Waals surface area contributed by atoms with Gasteiger partial charge in [0.1, 0.15) is 0 Å². The number of hydrogen-bond donors (Lipinski definition) is 0. The summed E-state index contributed by atoms with van der Waals surface area (Å²) in [5, 5.41) is 10.5. The second-order valence-corrected chi connectivity index (χ2v) is 7.37. The average Bonchev–Trinajstić information content (AvgIpc) is 2.46. The van der Waals surface area contributed by atoms with Gasteiger partial charge < -0.3 is 0 Å². The molecular weight excluding hydrogens is 329 g/mol. The van der Waals surface area contributed by atoms with E-state index in [0.29, 0.717) is 5.56 Å². The van der Waals surface area contributed by atoms with Gasteiger partial charge in [0, 0.05) is 0 Å². The fourth-order valence-corrected chi connectivity index (χ4v) is 4.58. The molecule has 0 N–H and O–H groups in total. The van der Waals surface area contributed by atoms with E-state index in [4.69, 9.17) is 0 Å². The molecule has 2 rings (SSSR count). The zero-order chi connectivity index (χ0) is 13.7. The van der Waals surface area contributed by atoms with Crippen LogP contribution in [0.4, 0.5) is 5.69 Å². The Hall–Kier alpha value is -1.62. The molecule has 96 valence electrons. The predicted molar refractivity (Wildman–Crippen MR) is 76.8 cm³/mol. The van der Waals surface area contributed by atoms with E-state index in [2.05, 4.69) is 0 Å². The van der Waals surface area contributed by atoms with Crippen molar-refractivity contribution >= 4 is 39.3 Å². The monoisotopic (exact) mass is 339 g/mol. The molecule has 0 saturated carbocycles. The number of nitro benzene ring substituents is 1. The molecule has 0 fully saturated rings. The van der Waals surface area contributed by atoms with Gasteiger partial charge in [-0.25, -0.2) is 0 Å². The molecule has 0 unspecified atom stereocenters. The number of non-ortho nitro benzene ring substituents is 1.